The van der Waals surface area contributed by atoms with E-state index in [0.29, 0.717) is 5.75 Å². The summed E-state index contributed by atoms with van der Waals surface area (Å²) < 4.78 is 1.99. The lowest BCUT2D eigenvalue weighted by Crippen LogP contribution is -2.13. The van der Waals surface area contributed by atoms with Crippen LogP contribution in [0.5, 0.6) is 5.75 Å². The molecular weight excluding hydrogens is 334 g/mol. The van der Waals surface area contributed by atoms with E-state index < -0.39 is 0 Å². The molecule has 0 aliphatic rings. The Hall–Kier alpha value is -2.88. The van der Waals surface area contributed by atoms with Crippen molar-refractivity contribution in [2.45, 2.75) is 45.1 Å². The zero-order valence-corrected chi connectivity index (χ0v) is 15.7. The van der Waals surface area contributed by atoms with E-state index in [-0.39, 0.29) is 6.04 Å². The maximum absolute atomic E-state index is 10.8. The van der Waals surface area contributed by atoms with Crippen LogP contribution in [0.1, 0.15) is 50.6 Å². The number of aromatic nitrogens is 3. The van der Waals surface area contributed by atoms with Gasteiger partial charge in [0.2, 0.25) is 0 Å². The van der Waals surface area contributed by atoms with Gasteiger partial charge >= 0.3 is 0 Å². The molecule has 1 atom stereocenters. The fourth-order valence-electron chi connectivity index (χ4n) is 3.90. The second-order valence-electron chi connectivity index (χ2n) is 7.11. The van der Waals surface area contributed by atoms with Crippen LogP contribution in [0, 0.1) is 0 Å². The summed E-state index contributed by atoms with van der Waals surface area (Å²) in [5.41, 5.74) is 2.83. The second-order valence-corrected chi connectivity index (χ2v) is 7.11. The topological polar surface area (TPSA) is 50.9 Å². The number of nitrogens with zero attached hydrogens (tertiary/aromatic N) is 3. The van der Waals surface area contributed by atoms with Crippen molar-refractivity contribution in [2.75, 3.05) is 0 Å². The van der Waals surface area contributed by atoms with Gasteiger partial charge in [0.05, 0.1) is 11.6 Å². The Labute approximate surface area is 159 Å². The van der Waals surface area contributed by atoms with Crippen LogP contribution in [0.25, 0.3) is 21.8 Å². The Morgan fingerprint density at radius 3 is 2.63 bits per heavy atom. The molecule has 0 aliphatic heterocycles. The molecule has 1 heterocycles. The second kappa shape index (κ2) is 7.78. The fraction of sp³-hybridized carbons (Fsp3) is 0.304. The summed E-state index contributed by atoms with van der Waals surface area (Å²) in [5, 5.41) is 21.8. The van der Waals surface area contributed by atoms with Gasteiger partial charge in [0, 0.05) is 5.56 Å². The molecular formula is C23H25N3O. The highest BCUT2D eigenvalue weighted by Gasteiger charge is 2.23. The molecule has 1 unspecified atom stereocenters. The number of fused-ring (bicyclic) bond motifs is 2. The maximum atomic E-state index is 10.8. The van der Waals surface area contributed by atoms with E-state index in [1.165, 1.54) is 19.3 Å². The molecule has 4 heteroatoms. The summed E-state index contributed by atoms with van der Waals surface area (Å²) in [7, 11) is 0. The fourth-order valence-corrected chi connectivity index (χ4v) is 3.90. The average molecular weight is 359 g/mol. The lowest BCUT2D eigenvalue weighted by molar-refractivity contribution is 0.424. The molecule has 0 spiro atoms. The van der Waals surface area contributed by atoms with Crippen LogP contribution in [0.2, 0.25) is 0 Å². The van der Waals surface area contributed by atoms with Gasteiger partial charge in [0.15, 0.2) is 0 Å². The first kappa shape index (κ1) is 17.5. The average Bonchev–Trinajstić information content (AvgIpc) is 3.13. The van der Waals surface area contributed by atoms with Crippen molar-refractivity contribution in [3.63, 3.8) is 0 Å². The summed E-state index contributed by atoms with van der Waals surface area (Å²) >= 11 is 0. The third kappa shape index (κ3) is 3.39. The minimum atomic E-state index is -0.0413. The molecule has 0 radical (unpaired) electrons. The van der Waals surface area contributed by atoms with Crippen molar-refractivity contribution >= 4 is 21.8 Å². The number of para-hydroxylation sites is 1. The van der Waals surface area contributed by atoms with Crippen molar-refractivity contribution in [3.8, 4) is 5.75 Å². The van der Waals surface area contributed by atoms with E-state index in [1.807, 2.05) is 41.1 Å². The molecule has 1 aromatic heterocycles. The Balaban J connectivity index is 1.85. The van der Waals surface area contributed by atoms with Crippen molar-refractivity contribution in [1.29, 1.82) is 0 Å². The molecule has 0 aliphatic carbocycles. The quantitative estimate of drug-likeness (QED) is 0.421. The molecule has 4 aromatic rings. The van der Waals surface area contributed by atoms with Crippen LogP contribution in [0.3, 0.4) is 0 Å². The van der Waals surface area contributed by atoms with Gasteiger partial charge in [-0.25, -0.2) is 4.68 Å². The standard InChI is InChI=1S/C23H25N3O/c1-2-3-4-5-14-21(26-20-13-9-8-12-19(20)24-25-26)23-18-11-7-6-10-17(18)15-16-22(23)27/h6-13,15-16,21,27H,2-5,14H2,1H3. The Morgan fingerprint density at radius 1 is 0.926 bits per heavy atom. The lowest BCUT2D eigenvalue weighted by Gasteiger charge is -2.21. The van der Waals surface area contributed by atoms with Crippen LogP contribution < -0.4 is 0 Å². The van der Waals surface area contributed by atoms with E-state index in [1.54, 1.807) is 6.07 Å². The highest BCUT2D eigenvalue weighted by atomic mass is 16.3. The first-order valence-electron chi connectivity index (χ1n) is 9.80. The number of unbranched alkanes of at least 4 members (excludes halogenated alkanes) is 3. The summed E-state index contributed by atoms with van der Waals surface area (Å²) in [5.74, 6) is 0.328. The smallest absolute Gasteiger partial charge is 0.121 e. The van der Waals surface area contributed by atoms with Gasteiger partial charge in [-0.3, -0.25) is 0 Å². The molecule has 0 fully saturated rings. The third-order valence-electron chi connectivity index (χ3n) is 5.28. The normalized spacial score (nSPS) is 12.6. The summed E-state index contributed by atoms with van der Waals surface area (Å²) in [6.45, 7) is 2.22. The maximum Gasteiger partial charge on any atom is 0.121 e. The van der Waals surface area contributed by atoms with Gasteiger partial charge in [-0.05, 0) is 35.4 Å². The molecule has 4 nitrogen and oxygen atoms in total. The van der Waals surface area contributed by atoms with Crippen LogP contribution >= 0.6 is 0 Å². The number of rotatable bonds is 7. The van der Waals surface area contributed by atoms with Crippen molar-refractivity contribution in [3.05, 3.63) is 66.2 Å². The van der Waals surface area contributed by atoms with E-state index in [2.05, 4.69) is 35.4 Å². The zero-order valence-electron chi connectivity index (χ0n) is 15.7. The number of aromatic hydroxyl groups is 1. The third-order valence-corrected chi connectivity index (χ3v) is 5.28. The Kier molecular flexibility index (Phi) is 5.05. The van der Waals surface area contributed by atoms with E-state index in [9.17, 15) is 5.11 Å². The first-order valence-corrected chi connectivity index (χ1v) is 9.80. The Bertz CT molecular complexity index is 1050. The largest absolute Gasteiger partial charge is 0.508 e. The molecule has 0 bridgehead atoms. The zero-order chi connectivity index (χ0) is 18.6. The van der Waals surface area contributed by atoms with Gasteiger partial charge in [0.25, 0.3) is 0 Å². The number of hydrogen-bond acceptors (Lipinski definition) is 3. The molecule has 1 N–H and O–H groups in total. The number of phenols is 1. The van der Waals surface area contributed by atoms with E-state index in [0.717, 1.165) is 40.2 Å². The molecule has 3 aromatic carbocycles. The van der Waals surface area contributed by atoms with Gasteiger partial charge in [0.1, 0.15) is 11.3 Å². The van der Waals surface area contributed by atoms with Gasteiger partial charge in [-0.1, -0.05) is 80.3 Å². The highest BCUT2D eigenvalue weighted by Crippen LogP contribution is 2.38. The molecule has 0 saturated heterocycles. The molecule has 4 rings (SSSR count). The molecule has 138 valence electrons. The molecule has 0 saturated carbocycles. The van der Waals surface area contributed by atoms with Gasteiger partial charge in [-0.2, -0.15) is 0 Å². The SMILES string of the molecule is CCCCCCC(c1c(O)ccc2ccccc12)n1nnc2ccccc21. The number of phenolic OH excluding ortho intramolecular Hbond substituents is 1. The number of benzene rings is 3. The lowest BCUT2D eigenvalue weighted by atomic mass is 9.93. The van der Waals surface area contributed by atoms with Crippen molar-refractivity contribution in [1.82, 2.24) is 15.0 Å². The van der Waals surface area contributed by atoms with Crippen LogP contribution in [-0.4, -0.2) is 20.1 Å². The van der Waals surface area contributed by atoms with Crippen LogP contribution in [0.15, 0.2) is 60.7 Å². The van der Waals surface area contributed by atoms with Crippen molar-refractivity contribution < 1.29 is 5.11 Å². The minimum absolute atomic E-state index is 0.0413. The molecule has 0 amide bonds. The number of hydrogen-bond donors (Lipinski definition) is 1. The van der Waals surface area contributed by atoms with Crippen molar-refractivity contribution in [2.24, 2.45) is 0 Å². The minimum Gasteiger partial charge on any atom is -0.508 e. The molecule has 27 heavy (non-hydrogen) atoms. The van der Waals surface area contributed by atoms with Gasteiger partial charge < -0.3 is 5.11 Å². The van der Waals surface area contributed by atoms with Crippen LogP contribution in [-0.2, 0) is 0 Å². The van der Waals surface area contributed by atoms with Gasteiger partial charge in [-0.15, -0.1) is 5.10 Å². The predicted molar refractivity (Wildman–Crippen MR) is 110 cm³/mol. The first-order chi connectivity index (χ1) is 13.3. The summed E-state index contributed by atoms with van der Waals surface area (Å²) in [6, 6.07) is 20.0. The summed E-state index contributed by atoms with van der Waals surface area (Å²) in [6.07, 6.45) is 5.64. The highest BCUT2D eigenvalue weighted by molar-refractivity contribution is 5.88. The monoisotopic (exact) mass is 359 g/mol. The summed E-state index contributed by atoms with van der Waals surface area (Å²) in [4.78, 5) is 0. The predicted octanol–water partition coefficient (Wildman–Crippen LogP) is 5.85. The van der Waals surface area contributed by atoms with E-state index in [4.69, 9.17) is 0 Å². The van der Waals surface area contributed by atoms with E-state index >= 15 is 0 Å². The Morgan fingerprint density at radius 2 is 1.74 bits per heavy atom. The van der Waals surface area contributed by atoms with Crippen LogP contribution in [0.4, 0.5) is 0 Å².